The largest absolute Gasteiger partial charge is 0.496 e. The van der Waals surface area contributed by atoms with E-state index >= 15 is 0 Å². The van der Waals surface area contributed by atoms with E-state index in [-0.39, 0.29) is 23.6 Å². The van der Waals surface area contributed by atoms with Gasteiger partial charge in [-0.15, -0.1) is 0 Å². The van der Waals surface area contributed by atoms with Crippen molar-refractivity contribution in [3.05, 3.63) is 28.8 Å². The Morgan fingerprint density at radius 1 is 1.17 bits per heavy atom. The minimum atomic E-state index is -0.480. The summed E-state index contributed by atoms with van der Waals surface area (Å²) in [6.07, 6.45) is 3.64. The molecule has 0 saturated carbocycles. The Hall–Kier alpha value is -2.28. The topological polar surface area (TPSA) is 79.0 Å². The van der Waals surface area contributed by atoms with Crippen LogP contribution in [-0.4, -0.2) is 66.9 Å². The molecule has 1 aromatic rings. The lowest BCUT2D eigenvalue weighted by atomic mass is 9.95. The highest BCUT2D eigenvalue weighted by Gasteiger charge is 2.39. The van der Waals surface area contributed by atoms with Crippen LogP contribution in [0.3, 0.4) is 0 Å². The smallest absolute Gasteiger partial charge is 0.258 e. The van der Waals surface area contributed by atoms with Gasteiger partial charge in [0.1, 0.15) is 11.8 Å². The number of rotatable bonds is 6. The van der Waals surface area contributed by atoms with Gasteiger partial charge in [0, 0.05) is 37.1 Å². The Morgan fingerprint density at radius 3 is 2.57 bits per heavy atom. The summed E-state index contributed by atoms with van der Waals surface area (Å²) in [6, 6.07) is 4.44. The van der Waals surface area contributed by atoms with E-state index in [1.165, 1.54) is 7.11 Å². The van der Waals surface area contributed by atoms with Crippen LogP contribution in [0.2, 0.25) is 5.02 Å². The molecule has 1 unspecified atom stereocenters. The van der Waals surface area contributed by atoms with Gasteiger partial charge in [0.25, 0.3) is 5.91 Å². The van der Waals surface area contributed by atoms with E-state index in [0.717, 1.165) is 12.8 Å². The van der Waals surface area contributed by atoms with Gasteiger partial charge in [-0.1, -0.05) is 18.5 Å². The van der Waals surface area contributed by atoms with E-state index in [4.69, 9.17) is 16.3 Å². The first-order valence-corrected chi connectivity index (χ1v) is 11.0. The van der Waals surface area contributed by atoms with Crippen molar-refractivity contribution >= 4 is 29.3 Å². The molecule has 0 radical (unpaired) electrons. The molecule has 2 aliphatic heterocycles. The lowest BCUT2D eigenvalue weighted by molar-refractivity contribution is -0.138. The van der Waals surface area contributed by atoms with Gasteiger partial charge < -0.3 is 19.9 Å². The molecule has 0 aromatic heterocycles. The maximum absolute atomic E-state index is 13.2. The third-order valence-electron chi connectivity index (χ3n) is 5.92. The fourth-order valence-corrected chi connectivity index (χ4v) is 4.41. The van der Waals surface area contributed by atoms with E-state index in [1.807, 2.05) is 6.92 Å². The zero-order valence-corrected chi connectivity index (χ0v) is 18.4. The maximum atomic E-state index is 13.2. The monoisotopic (exact) mass is 435 g/mol. The number of nitrogens with zero attached hydrogens (tertiary/aromatic N) is 2. The maximum Gasteiger partial charge on any atom is 0.258 e. The predicted molar refractivity (Wildman–Crippen MR) is 115 cm³/mol. The van der Waals surface area contributed by atoms with Gasteiger partial charge in [-0.2, -0.15) is 0 Å². The lowest BCUT2D eigenvalue weighted by Gasteiger charge is -2.35. The van der Waals surface area contributed by atoms with Crippen molar-refractivity contribution in [1.29, 1.82) is 0 Å². The summed E-state index contributed by atoms with van der Waals surface area (Å²) in [6.45, 7) is 4.32. The van der Waals surface area contributed by atoms with Crippen molar-refractivity contribution in [3.8, 4) is 5.75 Å². The van der Waals surface area contributed by atoms with Crippen LogP contribution >= 0.6 is 11.6 Å². The number of piperidine rings is 1. The minimum absolute atomic E-state index is 0.0331. The summed E-state index contributed by atoms with van der Waals surface area (Å²) >= 11 is 6.08. The summed E-state index contributed by atoms with van der Waals surface area (Å²) in [5, 5.41) is 3.39. The summed E-state index contributed by atoms with van der Waals surface area (Å²) < 4.78 is 5.32. The first kappa shape index (κ1) is 22.4. The number of nitrogens with one attached hydrogen (secondary N) is 1. The highest BCUT2D eigenvalue weighted by molar-refractivity contribution is 6.31. The Labute approximate surface area is 182 Å². The van der Waals surface area contributed by atoms with Crippen LogP contribution < -0.4 is 10.1 Å². The second-order valence-electron chi connectivity index (χ2n) is 7.89. The van der Waals surface area contributed by atoms with Gasteiger partial charge in [-0.3, -0.25) is 14.4 Å². The van der Waals surface area contributed by atoms with Crippen LogP contribution in [0.25, 0.3) is 0 Å². The normalized spacial score (nSPS) is 19.6. The van der Waals surface area contributed by atoms with Crippen molar-refractivity contribution in [3.63, 3.8) is 0 Å². The van der Waals surface area contributed by atoms with Gasteiger partial charge in [0.2, 0.25) is 11.8 Å². The number of benzene rings is 1. The molecular weight excluding hydrogens is 406 g/mol. The SMILES string of the molecule is CCCNC(=O)C1CCN(C(=O)C2CCCN2C(=O)c2cc(Cl)ccc2OC)CC1. The molecule has 0 bridgehead atoms. The lowest BCUT2D eigenvalue weighted by Crippen LogP contribution is -2.51. The molecule has 1 N–H and O–H groups in total. The van der Waals surface area contributed by atoms with Crippen LogP contribution in [0.1, 0.15) is 49.4 Å². The van der Waals surface area contributed by atoms with Gasteiger partial charge in [0.05, 0.1) is 12.7 Å². The summed E-state index contributed by atoms with van der Waals surface area (Å²) in [5.41, 5.74) is 0.371. The van der Waals surface area contributed by atoms with Crippen LogP contribution in [0.15, 0.2) is 18.2 Å². The number of methoxy groups -OCH3 is 1. The fourth-order valence-electron chi connectivity index (χ4n) is 4.23. The van der Waals surface area contributed by atoms with Crippen molar-refractivity contribution in [1.82, 2.24) is 15.1 Å². The average Bonchev–Trinajstić information content (AvgIpc) is 3.26. The second kappa shape index (κ2) is 10.2. The molecule has 0 spiro atoms. The van der Waals surface area contributed by atoms with Gasteiger partial charge in [-0.05, 0) is 50.3 Å². The van der Waals surface area contributed by atoms with Crippen LogP contribution in [0.4, 0.5) is 0 Å². The first-order chi connectivity index (χ1) is 14.5. The number of carbonyl (C=O) groups is 3. The average molecular weight is 436 g/mol. The van der Waals surface area contributed by atoms with Crippen molar-refractivity contribution < 1.29 is 19.1 Å². The van der Waals surface area contributed by atoms with Gasteiger partial charge in [0.15, 0.2) is 0 Å². The molecular formula is C22H30ClN3O4. The Bertz CT molecular complexity index is 793. The first-order valence-electron chi connectivity index (χ1n) is 10.7. The molecule has 8 heteroatoms. The van der Waals surface area contributed by atoms with E-state index in [9.17, 15) is 14.4 Å². The Balaban J connectivity index is 1.65. The van der Waals surface area contributed by atoms with Crippen molar-refractivity contribution in [2.45, 2.75) is 45.1 Å². The molecule has 0 aliphatic carbocycles. The van der Waals surface area contributed by atoms with Crippen LogP contribution in [0.5, 0.6) is 5.75 Å². The summed E-state index contributed by atoms with van der Waals surface area (Å²) in [7, 11) is 1.51. The molecule has 2 fully saturated rings. The number of hydrogen-bond acceptors (Lipinski definition) is 4. The third-order valence-corrected chi connectivity index (χ3v) is 6.15. The number of ether oxygens (including phenoxy) is 1. The van der Waals surface area contributed by atoms with E-state index in [1.54, 1.807) is 28.0 Å². The summed E-state index contributed by atoms with van der Waals surface area (Å²) in [4.78, 5) is 42.0. The minimum Gasteiger partial charge on any atom is -0.496 e. The zero-order chi connectivity index (χ0) is 21.7. The van der Waals surface area contributed by atoms with E-state index < -0.39 is 6.04 Å². The number of hydrogen-bond donors (Lipinski definition) is 1. The molecule has 3 rings (SSSR count). The molecule has 30 heavy (non-hydrogen) atoms. The van der Waals surface area contributed by atoms with Crippen LogP contribution in [-0.2, 0) is 9.59 Å². The molecule has 164 valence electrons. The second-order valence-corrected chi connectivity index (χ2v) is 8.33. The standard InChI is InChI=1S/C22H30ClN3O4/c1-3-10-24-20(27)15-8-12-25(13-9-15)22(29)18-5-4-11-26(18)21(28)17-14-16(23)6-7-19(17)30-2/h6-7,14-15,18H,3-5,8-13H2,1-2H3,(H,24,27). The highest BCUT2D eigenvalue weighted by Crippen LogP contribution is 2.29. The fraction of sp³-hybridized carbons (Fsp3) is 0.591. The number of amides is 3. The number of halogens is 1. The molecule has 2 aliphatic rings. The number of carbonyl (C=O) groups excluding carboxylic acids is 3. The quantitative estimate of drug-likeness (QED) is 0.745. The molecule has 2 heterocycles. The highest BCUT2D eigenvalue weighted by atomic mass is 35.5. The predicted octanol–water partition coefficient (Wildman–Crippen LogP) is 2.72. The van der Waals surface area contributed by atoms with Crippen molar-refractivity contribution in [2.24, 2.45) is 5.92 Å². The molecule has 2 saturated heterocycles. The van der Waals surface area contributed by atoms with Gasteiger partial charge in [-0.25, -0.2) is 0 Å². The Morgan fingerprint density at radius 2 is 1.90 bits per heavy atom. The molecule has 1 aromatic carbocycles. The van der Waals surface area contributed by atoms with Gasteiger partial charge >= 0.3 is 0 Å². The third kappa shape index (κ3) is 4.89. The Kier molecular flexibility index (Phi) is 7.58. The van der Waals surface area contributed by atoms with E-state index in [0.29, 0.717) is 61.8 Å². The number of likely N-dealkylation sites (tertiary alicyclic amines) is 2. The van der Waals surface area contributed by atoms with Crippen LogP contribution in [0, 0.1) is 5.92 Å². The molecule has 1 atom stereocenters. The van der Waals surface area contributed by atoms with E-state index in [2.05, 4.69) is 5.32 Å². The molecule has 7 nitrogen and oxygen atoms in total. The molecule has 3 amide bonds. The summed E-state index contributed by atoms with van der Waals surface area (Å²) in [5.74, 6) is 0.210. The zero-order valence-electron chi connectivity index (χ0n) is 17.7. The van der Waals surface area contributed by atoms with Crippen molar-refractivity contribution in [2.75, 3.05) is 33.3 Å².